The first-order chi connectivity index (χ1) is 9.36. The number of rotatable bonds is 6. The smallest absolute Gasteiger partial charge is 0.152 e. The van der Waals surface area contributed by atoms with E-state index in [1.165, 1.54) is 0 Å². The summed E-state index contributed by atoms with van der Waals surface area (Å²) in [6.45, 7) is 1.05. The van der Waals surface area contributed by atoms with Crippen molar-refractivity contribution in [1.82, 2.24) is 9.97 Å². The van der Waals surface area contributed by atoms with Crippen molar-refractivity contribution in [3.63, 3.8) is 0 Å². The summed E-state index contributed by atoms with van der Waals surface area (Å²) < 4.78 is 10.7. The molecule has 1 aromatic heterocycles. The maximum Gasteiger partial charge on any atom is 0.152 e. The lowest BCUT2D eigenvalue weighted by atomic mass is 10.1. The van der Waals surface area contributed by atoms with Gasteiger partial charge in [-0.25, -0.2) is 4.98 Å². The summed E-state index contributed by atoms with van der Waals surface area (Å²) in [7, 11) is 3.47. The Hall–Kier alpha value is -2.14. The van der Waals surface area contributed by atoms with Crippen LogP contribution in [0.2, 0.25) is 0 Å². The van der Waals surface area contributed by atoms with E-state index < -0.39 is 0 Å². The van der Waals surface area contributed by atoms with Crippen molar-refractivity contribution in [2.75, 3.05) is 32.7 Å². The van der Waals surface area contributed by atoms with Gasteiger partial charge in [0, 0.05) is 32.1 Å². The second kappa shape index (κ2) is 6.70. The summed E-state index contributed by atoms with van der Waals surface area (Å²) in [5.41, 5.74) is 1.69. The van der Waals surface area contributed by atoms with Gasteiger partial charge in [0.25, 0.3) is 0 Å². The molecule has 2 rings (SSSR count). The van der Waals surface area contributed by atoms with E-state index in [2.05, 4.69) is 15.3 Å². The molecule has 100 valence electrons. The Balaban J connectivity index is 2.33. The molecular formula is C14H17N3O2. The zero-order chi connectivity index (χ0) is 13.5. The van der Waals surface area contributed by atoms with E-state index in [4.69, 9.17) is 9.47 Å². The summed E-state index contributed by atoms with van der Waals surface area (Å²) in [5, 5.41) is 3.03. The predicted molar refractivity (Wildman–Crippen MR) is 74.4 cm³/mol. The first-order valence-electron chi connectivity index (χ1n) is 6.06. The third kappa shape index (κ3) is 3.20. The zero-order valence-corrected chi connectivity index (χ0v) is 11.1. The number of benzene rings is 1. The quantitative estimate of drug-likeness (QED) is 0.806. The highest BCUT2D eigenvalue weighted by Crippen LogP contribution is 2.31. The lowest BCUT2D eigenvalue weighted by molar-refractivity contribution is 0.146. The van der Waals surface area contributed by atoms with Crippen molar-refractivity contribution < 1.29 is 9.47 Å². The van der Waals surface area contributed by atoms with Gasteiger partial charge in [0.05, 0.1) is 6.61 Å². The molecule has 0 aliphatic carbocycles. The Bertz CT molecular complexity index is 532. The van der Waals surface area contributed by atoms with Gasteiger partial charge in [-0.2, -0.15) is 0 Å². The molecule has 0 saturated heterocycles. The van der Waals surface area contributed by atoms with Gasteiger partial charge in [0.15, 0.2) is 5.82 Å². The number of nitrogens with one attached hydrogen (secondary N) is 1. The Morgan fingerprint density at radius 3 is 2.68 bits per heavy atom. The molecule has 0 atom stereocenters. The highest BCUT2D eigenvalue weighted by Gasteiger charge is 2.11. The Morgan fingerprint density at radius 1 is 1.11 bits per heavy atom. The molecule has 0 unspecified atom stereocenters. The highest BCUT2D eigenvalue weighted by molar-refractivity contribution is 5.75. The first-order valence-corrected chi connectivity index (χ1v) is 6.06. The second-order valence-corrected chi connectivity index (χ2v) is 3.84. The molecule has 1 heterocycles. The fourth-order valence-corrected chi connectivity index (χ4v) is 1.74. The van der Waals surface area contributed by atoms with Gasteiger partial charge in [-0.15, -0.1) is 0 Å². The molecule has 0 amide bonds. The molecule has 0 radical (unpaired) electrons. The minimum Gasteiger partial charge on any atom is -0.490 e. The van der Waals surface area contributed by atoms with Crippen LogP contribution >= 0.6 is 0 Å². The molecule has 19 heavy (non-hydrogen) atoms. The standard InChI is InChI=1S/C14H17N3O2/c1-15-14-13(16-7-8-17-14)11-5-3-4-6-12(11)19-10-9-18-2/h3-8H,9-10H2,1-2H3,(H,15,17). The van der Waals surface area contributed by atoms with Crippen LogP contribution < -0.4 is 10.1 Å². The number of hydrogen-bond acceptors (Lipinski definition) is 5. The van der Waals surface area contributed by atoms with E-state index in [0.717, 1.165) is 22.8 Å². The number of nitrogens with zero attached hydrogens (tertiary/aromatic N) is 2. The zero-order valence-electron chi connectivity index (χ0n) is 11.1. The summed E-state index contributed by atoms with van der Waals surface area (Å²) in [5.74, 6) is 1.50. The number of hydrogen-bond donors (Lipinski definition) is 1. The third-order valence-corrected chi connectivity index (χ3v) is 2.62. The molecule has 0 bridgehead atoms. The topological polar surface area (TPSA) is 56.3 Å². The van der Waals surface area contributed by atoms with E-state index in [9.17, 15) is 0 Å². The van der Waals surface area contributed by atoms with Crippen molar-refractivity contribution in [2.45, 2.75) is 0 Å². The molecule has 0 spiro atoms. The van der Waals surface area contributed by atoms with Crippen LogP contribution in [-0.2, 0) is 4.74 Å². The van der Waals surface area contributed by atoms with E-state index in [0.29, 0.717) is 13.2 Å². The fourth-order valence-electron chi connectivity index (χ4n) is 1.74. The van der Waals surface area contributed by atoms with Crippen LogP contribution in [0.15, 0.2) is 36.7 Å². The van der Waals surface area contributed by atoms with Crippen molar-refractivity contribution in [1.29, 1.82) is 0 Å². The van der Waals surface area contributed by atoms with Gasteiger partial charge in [-0.05, 0) is 12.1 Å². The van der Waals surface area contributed by atoms with Crippen LogP contribution in [0.3, 0.4) is 0 Å². The van der Waals surface area contributed by atoms with Crippen LogP contribution in [0, 0.1) is 0 Å². The number of aromatic nitrogens is 2. The highest BCUT2D eigenvalue weighted by atomic mass is 16.5. The molecule has 0 aliphatic rings. The number of methoxy groups -OCH3 is 1. The first kappa shape index (κ1) is 13.3. The van der Waals surface area contributed by atoms with Crippen LogP contribution in [0.4, 0.5) is 5.82 Å². The minimum absolute atomic E-state index is 0.503. The summed E-state index contributed by atoms with van der Waals surface area (Å²) >= 11 is 0. The number of para-hydroxylation sites is 1. The molecule has 0 aliphatic heterocycles. The molecule has 0 saturated carbocycles. The largest absolute Gasteiger partial charge is 0.490 e. The summed E-state index contributed by atoms with van der Waals surface area (Å²) in [6.07, 6.45) is 3.33. The van der Waals surface area contributed by atoms with Crippen molar-refractivity contribution in [3.05, 3.63) is 36.7 Å². The molecule has 5 heteroatoms. The molecule has 5 nitrogen and oxygen atoms in total. The lowest BCUT2D eigenvalue weighted by Gasteiger charge is -2.12. The Morgan fingerprint density at radius 2 is 1.89 bits per heavy atom. The van der Waals surface area contributed by atoms with E-state index >= 15 is 0 Å². The lowest BCUT2D eigenvalue weighted by Crippen LogP contribution is -2.06. The molecule has 2 aromatic rings. The summed E-state index contributed by atoms with van der Waals surface area (Å²) in [4.78, 5) is 8.63. The van der Waals surface area contributed by atoms with Gasteiger partial charge < -0.3 is 14.8 Å². The monoisotopic (exact) mass is 259 g/mol. The van der Waals surface area contributed by atoms with E-state index in [-0.39, 0.29) is 0 Å². The van der Waals surface area contributed by atoms with E-state index in [1.54, 1.807) is 19.5 Å². The summed E-state index contributed by atoms with van der Waals surface area (Å²) in [6, 6.07) is 7.76. The van der Waals surface area contributed by atoms with Crippen LogP contribution in [0.5, 0.6) is 5.75 Å². The SMILES string of the molecule is CNc1nccnc1-c1ccccc1OCCOC. The third-order valence-electron chi connectivity index (χ3n) is 2.62. The van der Waals surface area contributed by atoms with Gasteiger partial charge >= 0.3 is 0 Å². The predicted octanol–water partition coefficient (Wildman–Crippen LogP) is 2.21. The Labute approximate surface area is 112 Å². The average molecular weight is 259 g/mol. The van der Waals surface area contributed by atoms with Gasteiger partial charge in [-0.1, -0.05) is 12.1 Å². The van der Waals surface area contributed by atoms with Crippen molar-refractivity contribution in [2.24, 2.45) is 0 Å². The Kier molecular flexibility index (Phi) is 4.69. The maximum atomic E-state index is 5.71. The van der Waals surface area contributed by atoms with Crippen LogP contribution in [0.25, 0.3) is 11.3 Å². The normalized spacial score (nSPS) is 10.2. The minimum atomic E-state index is 0.503. The van der Waals surface area contributed by atoms with Gasteiger partial charge in [0.2, 0.25) is 0 Å². The second-order valence-electron chi connectivity index (χ2n) is 3.84. The average Bonchev–Trinajstić information content (AvgIpc) is 2.48. The van der Waals surface area contributed by atoms with Crippen molar-refractivity contribution >= 4 is 5.82 Å². The number of ether oxygens (including phenoxy) is 2. The molecule has 1 N–H and O–H groups in total. The van der Waals surface area contributed by atoms with Crippen molar-refractivity contribution in [3.8, 4) is 17.0 Å². The molecular weight excluding hydrogens is 242 g/mol. The van der Waals surface area contributed by atoms with Crippen LogP contribution in [-0.4, -0.2) is 37.3 Å². The maximum absolute atomic E-state index is 5.71. The number of anilines is 1. The van der Waals surface area contributed by atoms with Gasteiger partial charge in [-0.3, -0.25) is 4.98 Å². The van der Waals surface area contributed by atoms with Crippen LogP contribution in [0.1, 0.15) is 0 Å². The van der Waals surface area contributed by atoms with E-state index in [1.807, 2.05) is 31.3 Å². The molecule has 0 fully saturated rings. The fraction of sp³-hybridized carbons (Fsp3) is 0.286. The molecule has 1 aromatic carbocycles. The van der Waals surface area contributed by atoms with Gasteiger partial charge in [0.1, 0.15) is 18.1 Å².